The Kier molecular flexibility index (Phi) is 6.10. The van der Waals surface area contributed by atoms with Crippen LogP contribution in [-0.4, -0.2) is 19.2 Å². The largest absolute Gasteiger partial charge is 0.493 e. The molecule has 0 aliphatic rings. The fourth-order valence-electron chi connectivity index (χ4n) is 1.48. The minimum absolute atomic E-state index is 0.00298. The van der Waals surface area contributed by atoms with E-state index in [-0.39, 0.29) is 12.6 Å². The SMILES string of the molecule is CCCCCOc1ccccc1C(=N)OCN. The van der Waals surface area contributed by atoms with Crippen LogP contribution >= 0.6 is 0 Å². The highest BCUT2D eigenvalue weighted by molar-refractivity contribution is 5.94. The van der Waals surface area contributed by atoms with Gasteiger partial charge in [0.25, 0.3) is 0 Å². The van der Waals surface area contributed by atoms with Crippen LogP contribution in [0.5, 0.6) is 5.75 Å². The summed E-state index contributed by atoms with van der Waals surface area (Å²) in [7, 11) is 0. The lowest BCUT2D eigenvalue weighted by Gasteiger charge is -2.11. The number of unbranched alkanes of at least 4 members (excludes halogenated alkanes) is 2. The lowest BCUT2D eigenvalue weighted by Crippen LogP contribution is -2.13. The summed E-state index contributed by atoms with van der Waals surface area (Å²) in [5.74, 6) is 0.737. The number of para-hydroxylation sites is 1. The minimum Gasteiger partial charge on any atom is -0.493 e. The molecule has 0 saturated carbocycles. The third-order valence-electron chi connectivity index (χ3n) is 2.36. The molecule has 0 aliphatic heterocycles. The van der Waals surface area contributed by atoms with E-state index in [0.717, 1.165) is 19.3 Å². The molecule has 0 aromatic heterocycles. The van der Waals surface area contributed by atoms with Crippen molar-refractivity contribution in [1.82, 2.24) is 0 Å². The molecule has 0 spiro atoms. The van der Waals surface area contributed by atoms with E-state index in [1.165, 1.54) is 0 Å². The number of benzene rings is 1. The molecular formula is C13H20N2O2. The van der Waals surface area contributed by atoms with Crippen molar-refractivity contribution in [2.45, 2.75) is 26.2 Å². The molecule has 17 heavy (non-hydrogen) atoms. The van der Waals surface area contributed by atoms with Gasteiger partial charge in [0.2, 0.25) is 5.90 Å². The van der Waals surface area contributed by atoms with Crippen LogP contribution in [0.25, 0.3) is 0 Å². The van der Waals surface area contributed by atoms with Crippen molar-refractivity contribution >= 4 is 5.90 Å². The molecule has 4 heteroatoms. The molecule has 0 heterocycles. The van der Waals surface area contributed by atoms with E-state index in [2.05, 4.69) is 6.92 Å². The zero-order chi connectivity index (χ0) is 12.5. The summed E-state index contributed by atoms with van der Waals surface area (Å²) < 4.78 is 10.6. The van der Waals surface area contributed by atoms with Crippen molar-refractivity contribution in [3.8, 4) is 5.75 Å². The first-order chi connectivity index (χ1) is 8.29. The van der Waals surface area contributed by atoms with Crippen molar-refractivity contribution in [1.29, 1.82) is 5.41 Å². The summed E-state index contributed by atoms with van der Waals surface area (Å²) in [5, 5.41) is 7.70. The molecule has 1 rings (SSSR count). The van der Waals surface area contributed by atoms with Crippen molar-refractivity contribution in [3.63, 3.8) is 0 Å². The summed E-state index contributed by atoms with van der Waals surface area (Å²) >= 11 is 0. The van der Waals surface area contributed by atoms with Gasteiger partial charge >= 0.3 is 0 Å². The van der Waals surface area contributed by atoms with Gasteiger partial charge in [-0.2, -0.15) is 0 Å². The fraction of sp³-hybridized carbons (Fsp3) is 0.462. The average molecular weight is 236 g/mol. The van der Waals surface area contributed by atoms with Crippen LogP contribution in [0.4, 0.5) is 0 Å². The Balaban J connectivity index is 2.61. The number of hydrogen-bond donors (Lipinski definition) is 2. The highest BCUT2D eigenvalue weighted by atomic mass is 16.5. The van der Waals surface area contributed by atoms with Gasteiger partial charge in [-0.05, 0) is 18.6 Å². The molecule has 0 fully saturated rings. The Hall–Kier alpha value is -1.55. The molecule has 0 bridgehead atoms. The Labute approximate surface area is 102 Å². The van der Waals surface area contributed by atoms with Crippen LogP contribution in [0.1, 0.15) is 31.7 Å². The molecule has 1 aromatic carbocycles. The predicted molar refractivity (Wildman–Crippen MR) is 68.4 cm³/mol. The van der Waals surface area contributed by atoms with Gasteiger partial charge in [0.15, 0.2) is 0 Å². The smallest absolute Gasteiger partial charge is 0.218 e. The molecule has 0 saturated heterocycles. The minimum atomic E-state index is 0.00298. The molecule has 0 amide bonds. The molecule has 3 N–H and O–H groups in total. The van der Waals surface area contributed by atoms with Gasteiger partial charge in [-0.25, -0.2) is 0 Å². The van der Waals surface area contributed by atoms with Gasteiger partial charge in [-0.15, -0.1) is 0 Å². The highest BCUT2D eigenvalue weighted by Gasteiger charge is 2.08. The van der Waals surface area contributed by atoms with E-state index in [0.29, 0.717) is 17.9 Å². The first-order valence-corrected chi connectivity index (χ1v) is 5.93. The predicted octanol–water partition coefficient (Wildman–Crippen LogP) is 2.51. The molecule has 0 atom stereocenters. The van der Waals surface area contributed by atoms with Gasteiger partial charge in [0, 0.05) is 0 Å². The van der Waals surface area contributed by atoms with Gasteiger partial charge in [-0.3, -0.25) is 11.1 Å². The maximum Gasteiger partial charge on any atom is 0.218 e. The molecule has 0 unspecified atom stereocenters. The van der Waals surface area contributed by atoms with Crippen LogP contribution in [0.2, 0.25) is 0 Å². The topological polar surface area (TPSA) is 68.3 Å². The van der Waals surface area contributed by atoms with E-state index in [9.17, 15) is 0 Å². The summed E-state index contributed by atoms with van der Waals surface area (Å²) in [5.41, 5.74) is 5.90. The Morgan fingerprint density at radius 1 is 1.29 bits per heavy atom. The number of nitrogens with two attached hydrogens (primary N) is 1. The van der Waals surface area contributed by atoms with Gasteiger partial charge in [-0.1, -0.05) is 31.9 Å². The number of rotatable bonds is 7. The quantitative estimate of drug-likeness (QED) is 0.331. The second-order valence-electron chi connectivity index (χ2n) is 3.69. The Bertz CT molecular complexity index is 353. The maximum absolute atomic E-state index is 7.70. The average Bonchev–Trinajstić information content (AvgIpc) is 2.35. The fourth-order valence-corrected chi connectivity index (χ4v) is 1.48. The number of hydrogen-bond acceptors (Lipinski definition) is 4. The van der Waals surface area contributed by atoms with Crippen molar-refractivity contribution in [2.24, 2.45) is 5.73 Å². The summed E-state index contributed by atoms with van der Waals surface area (Å²) in [6, 6.07) is 7.37. The first kappa shape index (κ1) is 13.5. The number of ether oxygens (including phenoxy) is 2. The van der Waals surface area contributed by atoms with Crippen LogP contribution < -0.4 is 10.5 Å². The van der Waals surface area contributed by atoms with E-state index in [1.54, 1.807) is 6.07 Å². The van der Waals surface area contributed by atoms with Gasteiger partial charge in [0.1, 0.15) is 12.5 Å². The van der Waals surface area contributed by atoms with Gasteiger partial charge < -0.3 is 9.47 Å². The summed E-state index contributed by atoms with van der Waals surface area (Å²) in [6.45, 7) is 2.82. The monoisotopic (exact) mass is 236 g/mol. The van der Waals surface area contributed by atoms with Crippen LogP contribution in [0, 0.1) is 5.41 Å². The molecule has 4 nitrogen and oxygen atoms in total. The van der Waals surface area contributed by atoms with E-state index in [4.69, 9.17) is 20.6 Å². The van der Waals surface area contributed by atoms with E-state index in [1.807, 2.05) is 18.2 Å². The Morgan fingerprint density at radius 3 is 2.76 bits per heavy atom. The lowest BCUT2D eigenvalue weighted by molar-refractivity contribution is 0.295. The van der Waals surface area contributed by atoms with Crippen molar-refractivity contribution < 1.29 is 9.47 Å². The number of nitrogens with one attached hydrogen (secondary N) is 1. The molecule has 0 aliphatic carbocycles. The van der Waals surface area contributed by atoms with E-state index < -0.39 is 0 Å². The zero-order valence-electron chi connectivity index (χ0n) is 10.2. The standard InChI is InChI=1S/C13H20N2O2/c1-2-3-6-9-16-12-8-5-4-7-11(12)13(15)17-10-14/h4-5,7-8,15H,2-3,6,9-10,14H2,1H3. The van der Waals surface area contributed by atoms with Crippen molar-refractivity contribution in [3.05, 3.63) is 29.8 Å². The summed E-state index contributed by atoms with van der Waals surface area (Å²) in [4.78, 5) is 0. The molecular weight excluding hydrogens is 216 g/mol. The van der Waals surface area contributed by atoms with E-state index >= 15 is 0 Å². The van der Waals surface area contributed by atoms with Gasteiger partial charge in [0.05, 0.1) is 12.2 Å². The second kappa shape index (κ2) is 7.68. The van der Waals surface area contributed by atoms with Crippen molar-refractivity contribution in [2.75, 3.05) is 13.3 Å². The van der Waals surface area contributed by atoms with Crippen LogP contribution in [-0.2, 0) is 4.74 Å². The normalized spacial score (nSPS) is 10.0. The molecule has 0 radical (unpaired) electrons. The highest BCUT2D eigenvalue weighted by Crippen LogP contribution is 2.19. The Morgan fingerprint density at radius 2 is 2.06 bits per heavy atom. The third-order valence-corrected chi connectivity index (χ3v) is 2.36. The zero-order valence-corrected chi connectivity index (χ0v) is 10.2. The lowest BCUT2D eigenvalue weighted by atomic mass is 10.2. The second-order valence-corrected chi connectivity index (χ2v) is 3.69. The van der Waals surface area contributed by atoms with Crippen LogP contribution in [0.15, 0.2) is 24.3 Å². The third kappa shape index (κ3) is 4.44. The maximum atomic E-state index is 7.70. The first-order valence-electron chi connectivity index (χ1n) is 5.93. The molecule has 94 valence electrons. The van der Waals surface area contributed by atoms with Crippen LogP contribution in [0.3, 0.4) is 0 Å². The molecule has 1 aromatic rings. The summed E-state index contributed by atoms with van der Waals surface area (Å²) in [6.07, 6.45) is 3.34.